The standard InChI is InChI=1S/C14H13NO2/c1-2-17-13-5-3-11(4-6-13)14-9-15-8-7-12(14)10-16/h3-10H,2H2,1H3. The molecule has 3 nitrogen and oxygen atoms in total. The highest BCUT2D eigenvalue weighted by atomic mass is 16.5. The minimum Gasteiger partial charge on any atom is -0.494 e. The average Bonchev–Trinajstić information content (AvgIpc) is 2.40. The van der Waals surface area contributed by atoms with E-state index in [0.717, 1.165) is 23.2 Å². The Hall–Kier alpha value is -2.16. The predicted molar refractivity (Wildman–Crippen MR) is 66.2 cm³/mol. The Morgan fingerprint density at radius 3 is 2.65 bits per heavy atom. The van der Waals surface area contributed by atoms with Gasteiger partial charge in [0.2, 0.25) is 0 Å². The molecule has 0 saturated heterocycles. The molecule has 17 heavy (non-hydrogen) atoms. The third kappa shape index (κ3) is 2.50. The smallest absolute Gasteiger partial charge is 0.150 e. The fourth-order valence-corrected chi connectivity index (χ4v) is 1.65. The van der Waals surface area contributed by atoms with Crippen molar-refractivity contribution in [3.63, 3.8) is 0 Å². The number of carbonyl (C=O) groups is 1. The predicted octanol–water partition coefficient (Wildman–Crippen LogP) is 2.96. The Kier molecular flexibility index (Phi) is 3.50. The highest BCUT2D eigenvalue weighted by Gasteiger charge is 2.04. The quantitative estimate of drug-likeness (QED) is 0.754. The molecule has 0 fully saturated rings. The first-order valence-electron chi connectivity index (χ1n) is 5.47. The van der Waals surface area contributed by atoms with Crippen LogP contribution in [0.15, 0.2) is 42.7 Å². The second-order valence-electron chi connectivity index (χ2n) is 3.54. The first-order valence-corrected chi connectivity index (χ1v) is 5.47. The summed E-state index contributed by atoms with van der Waals surface area (Å²) in [5.74, 6) is 0.827. The Morgan fingerprint density at radius 1 is 1.24 bits per heavy atom. The molecule has 1 aromatic carbocycles. The highest BCUT2D eigenvalue weighted by molar-refractivity contribution is 5.87. The molecule has 1 heterocycles. The van der Waals surface area contributed by atoms with E-state index in [2.05, 4.69) is 4.98 Å². The van der Waals surface area contributed by atoms with Crippen LogP contribution in [0.1, 0.15) is 17.3 Å². The van der Waals surface area contributed by atoms with Crippen LogP contribution in [0.2, 0.25) is 0 Å². The summed E-state index contributed by atoms with van der Waals surface area (Å²) in [6.45, 7) is 2.59. The monoisotopic (exact) mass is 227 g/mol. The van der Waals surface area contributed by atoms with Crippen LogP contribution in [0.5, 0.6) is 5.75 Å². The van der Waals surface area contributed by atoms with Gasteiger partial charge < -0.3 is 4.74 Å². The van der Waals surface area contributed by atoms with E-state index in [1.807, 2.05) is 31.2 Å². The van der Waals surface area contributed by atoms with Crippen LogP contribution in [-0.2, 0) is 0 Å². The molecule has 3 heteroatoms. The molecule has 0 aliphatic carbocycles. The van der Waals surface area contributed by atoms with Crippen molar-refractivity contribution in [2.45, 2.75) is 6.92 Å². The van der Waals surface area contributed by atoms with E-state index in [-0.39, 0.29) is 0 Å². The second kappa shape index (κ2) is 5.25. The van der Waals surface area contributed by atoms with Crippen molar-refractivity contribution in [1.82, 2.24) is 4.98 Å². The molecule has 2 aromatic rings. The Bertz CT molecular complexity index is 506. The van der Waals surface area contributed by atoms with Crippen molar-refractivity contribution in [1.29, 1.82) is 0 Å². The fraction of sp³-hybridized carbons (Fsp3) is 0.143. The SMILES string of the molecule is CCOc1ccc(-c2cnccc2C=O)cc1. The summed E-state index contributed by atoms with van der Waals surface area (Å²) in [7, 11) is 0. The topological polar surface area (TPSA) is 39.2 Å². The van der Waals surface area contributed by atoms with Crippen molar-refractivity contribution >= 4 is 6.29 Å². The van der Waals surface area contributed by atoms with Crippen molar-refractivity contribution in [2.24, 2.45) is 0 Å². The lowest BCUT2D eigenvalue weighted by Crippen LogP contribution is -1.92. The largest absolute Gasteiger partial charge is 0.494 e. The first kappa shape index (κ1) is 11.3. The number of rotatable bonds is 4. The molecule has 86 valence electrons. The minimum absolute atomic E-state index is 0.643. The van der Waals surface area contributed by atoms with Crippen LogP contribution in [0.25, 0.3) is 11.1 Å². The van der Waals surface area contributed by atoms with Crippen LogP contribution >= 0.6 is 0 Å². The van der Waals surface area contributed by atoms with E-state index in [0.29, 0.717) is 12.2 Å². The summed E-state index contributed by atoms with van der Waals surface area (Å²) < 4.78 is 5.37. The number of hydrogen-bond donors (Lipinski definition) is 0. The van der Waals surface area contributed by atoms with Gasteiger partial charge in [0.15, 0.2) is 6.29 Å². The molecular weight excluding hydrogens is 214 g/mol. The van der Waals surface area contributed by atoms with Gasteiger partial charge in [0.1, 0.15) is 5.75 Å². The molecule has 0 aliphatic rings. The summed E-state index contributed by atoms with van der Waals surface area (Å²) in [5.41, 5.74) is 2.44. The average molecular weight is 227 g/mol. The molecule has 0 N–H and O–H groups in total. The lowest BCUT2D eigenvalue weighted by Gasteiger charge is -2.06. The van der Waals surface area contributed by atoms with Crippen LogP contribution < -0.4 is 4.74 Å². The molecule has 0 atom stereocenters. The van der Waals surface area contributed by atoms with Gasteiger partial charge in [0, 0.05) is 23.5 Å². The molecule has 0 aliphatic heterocycles. The lowest BCUT2D eigenvalue weighted by atomic mass is 10.0. The Morgan fingerprint density at radius 2 is 2.00 bits per heavy atom. The molecular formula is C14H13NO2. The van der Waals surface area contributed by atoms with E-state index in [9.17, 15) is 4.79 Å². The van der Waals surface area contributed by atoms with Crippen LogP contribution in [0.4, 0.5) is 0 Å². The van der Waals surface area contributed by atoms with E-state index in [1.54, 1.807) is 18.5 Å². The first-order chi connectivity index (χ1) is 8.35. The molecule has 1 aromatic heterocycles. The summed E-state index contributed by atoms with van der Waals surface area (Å²) in [5, 5.41) is 0. The number of pyridine rings is 1. The summed E-state index contributed by atoms with van der Waals surface area (Å²) >= 11 is 0. The van der Waals surface area contributed by atoms with E-state index in [4.69, 9.17) is 4.74 Å². The van der Waals surface area contributed by atoms with Crippen LogP contribution in [-0.4, -0.2) is 17.9 Å². The maximum atomic E-state index is 10.9. The zero-order chi connectivity index (χ0) is 12.1. The number of hydrogen-bond acceptors (Lipinski definition) is 3. The normalized spacial score (nSPS) is 9.94. The van der Waals surface area contributed by atoms with Crippen molar-refractivity contribution in [3.05, 3.63) is 48.3 Å². The number of nitrogens with zero attached hydrogens (tertiary/aromatic N) is 1. The van der Waals surface area contributed by atoms with E-state index >= 15 is 0 Å². The zero-order valence-corrected chi connectivity index (χ0v) is 9.59. The molecule has 0 radical (unpaired) electrons. The van der Waals surface area contributed by atoms with E-state index in [1.165, 1.54) is 0 Å². The van der Waals surface area contributed by atoms with Gasteiger partial charge in [0.05, 0.1) is 6.61 Å². The molecule has 0 bridgehead atoms. The maximum Gasteiger partial charge on any atom is 0.150 e. The number of aldehydes is 1. The lowest BCUT2D eigenvalue weighted by molar-refractivity contribution is 0.112. The van der Waals surface area contributed by atoms with Gasteiger partial charge >= 0.3 is 0 Å². The molecule has 0 spiro atoms. The summed E-state index contributed by atoms with van der Waals surface area (Å²) in [4.78, 5) is 15.0. The van der Waals surface area contributed by atoms with Gasteiger partial charge in [0.25, 0.3) is 0 Å². The van der Waals surface area contributed by atoms with Crippen molar-refractivity contribution < 1.29 is 9.53 Å². The van der Waals surface area contributed by atoms with Crippen LogP contribution in [0, 0.1) is 0 Å². The van der Waals surface area contributed by atoms with Gasteiger partial charge in [-0.25, -0.2) is 0 Å². The number of benzene rings is 1. The third-order valence-electron chi connectivity index (χ3n) is 2.46. The van der Waals surface area contributed by atoms with Gasteiger partial charge in [-0.3, -0.25) is 9.78 Å². The molecule has 0 unspecified atom stereocenters. The van der Waals surface area contributed by atoms with Gasteiger partial charge in [-0.2, -0.15) is 0 Å². The van der Waals surface area contributed by atoms with Crippen molar-refractivity contribution in [3.8, 4) is 16.9 Å². The molecule has 0 amide bonds. The van der Waals surface area contributed by atoms with Gasteiger partial charge in [-0.15, -0.1) is 0 Å². The highest BCUT2D eigenvalue weighted by Crippen LogP contribution is 2.24. The third-order valence-corrected chi connectivity index (χ3v) is 2.46. The molecule has 0 saturated carbocycles. The maximum absolute atomic E-state index is 10.9. The van der Waals surface area contributed by atoms with Crippen LogP contribution in [0.3, 0.4) is 0 Å². The second-order valence-corrected chi connectivity index (χ2v) is 3.54. The zero-order valence-electron chi connectivity index (χ0n) is 9.59. The Labute approximate surface area is 100 Å². The van der Waals surface area contributed by atoms with Gasteiger partial charge in [-0.1, -0.05) is 12.1 Å². The van der Waals surface area contributed by atoms with Crippen molar-refractivity contribution in [2.75, 3.05) is 6.61 Å². The number of ether oxygens (including phenoxy) is 1. The summed E-state index contributed by atoms with van der Waals surface area (Å²) in [6.07, 6.45) is 4.15. The minimum atomic E-state index is 0.643. The fourth-order valence-electron chi connectivity index (χ4n) is 1.65. The summed E-state index contributed by atoms with van der Waals surface area (Å²) in [6, 6.07) is 9.34. The number of carbonyl (C=O) groups excluding carboxylic acids is 1. The van der Waals surface area contributed by atoms with E-state index < -0.39 is 0 Å². The van der Waals surface area contributed by atoms with Gasteiger partial charge in [-0.05, 0) is 30.7 Å². The Balaban J connectivity index is 2.36. The number of aromatic nitrogens is 1. The molecule has 2 rings (SSSR count).